The van der Waals surface area contributed by atoms with Crippen molar-refractivity contribution in [1.29, 1.82) is 0 Å². The Morgan fingerprint density at radius 1 is 1.20 bits per heavy atom. The number of carbonyl (C=O) groups excluding carboxylic acids is 1. The molecule has 0 aliphatic carbocycles. The van der Waals surface area contributed by atoms with Crippen LogP contribution < -0.4 is 15.4 Å². The van der Waals surface area contributed by atoms with Gasteiger partial charge in [-0.15, -0.1) is 0 Å². The van der Waals surface area contributed by atoms with Crippen LogP contribution in [0.2, 0.25) is 0 Å². The Labute approximate surface area is 200 Å². The van der Waals surface area contributed by atoms with E-state index in [9.17, 15) is 23.1 Å². The molecule has 0 radical (unpaired) electrons. The summed E-state index contributed by atoms with van der Waals surface area (Å²) < 4.78 is 28.1. The Morgan fingerprint density at radius 3 is 2.77 bits per heavy atom. The number of aliphatic carboxylic acids is 1. The monoisotopic (exact) mass is 500 g/mol. The maximum atomic E-state index is 12.9. The SMILES string of the molecule is O=C(NCC(NS(=O)(=O)c1cccc2ccccc12)C(=O)O)C1=NOC(CCNc2ncc[nH]2)C1. The van der Waals surface area contributed by atoms with Crippen LogP contribution in [0.5, 0.6) is 0 Å². The molecule has 1 aliphatic rings. The van der Waals surface area contributed by atoms with E-state index in [1.807, 2.05) is 0 Å². The molecule has 1 aliphatic heterocycles. The van der Waals surface area contributed by atoms with Crippen LogP contribution in [0.3, 0.4) is 0 Å². The molecule has 2 heterocycles. The van der Waals surface area contributed by atoms with Crippen LogP contribution in [-0.2, 0) is 24.4 Å². The Hall–Kier alpha value is -3.97. The fourth-order valence-electron chi connectivity index (χ4n) is 3.59. The number of aromatic nitrogens is 2. The molecule has 0 spiro atoms. The summed E-state index contributed by atoms with van der Waals surface area (Å²) in [6.07, 6.45) is 3.78. The topological polar surface area (TPSA) is 175 Å². The summed E-state index contributed by atoms with van der Waals surface area (Å²) in [7, 11) is -4.19. The molecule has 3 aromatic rings. The smallest absolute Gasteiger partial charge is 0.323 e. The van der Waals surface area contributed by atoms with E-state index in [2.05, 4.69) is 30.5 Å². The standard InChI is InChI=1S/C22H24N6O6S/c29-20(17-12-15(34-27-17)8-9-23-22-24-10-11-25-22)26-13-18(21(30)31)28-35(32,33)19-7-3-5-14-4-1-2-6-16(14)19/h1-7,10-11,15,18,28H,8-9,12-13H2,(H,26,29)(H,30,31)(H2,23,24,25). The first-order valence-electron chi connectivity index (χ1n) is 10.8. The van der Waals surface area contributed by atoms with Crippen molar-refractivity contribution in [2.24, 2.45) is 5.16 Å². The first-order chi connectivity index (χ1) is 16.8. The van der Waals surface area contributed by atoms with Crippen molar-refractivity contribution in [1.82, 2.24) is 20.0 Å². The fourth-order valence-corrected chi connectivity index (χ4v) is 5.01. The van der Waals surface area contributed by atoms with Crippen LogP contribution in [0.1, 0.15) is 12.8 Å². The maximum Gasteiger partial charge on any atom is 0.323 e. The number of amides is 1. The van der Waals surface area contributed by atoms with Gasteiger partial charge >= 0.3 is 5.97 Å². The average molecular weight is 501 g/mol. The van der Waals surface area contributed by atoms with Crippen LogP contribution >= 0.6 is 0 Å². The van der Waals surface area contributed by atoms with Crippen molar-refractivity contribution >= 4 is 44.3 Å². The van der Waals surface area contributed by atoms with Gasteiger partial charge in [0.2, 0.25) is 10.0 Å². The van der Waals surface area contributed by atoms with Gasteiger partial charge in [-0.25, -0.2) is 13.4 Å². The molecule has 2 atom stereocenters. The van der Waals surface area contributed by atoms with Crippen molar-refractivity contribution in [3.05, 3.63) is 54.9 Å². The van der Waals surface area contributed by atoms with Crippen molar-refractivity contribution in [2.75, 3.05) is 18.4 Å². The van der Waals surface area contributed by atoms with Gasteiger partial charge < -0.3 is 25.6 Å². The molecule has 12 nitrogen and oxygen atoms in total. The van der Waals surface area contributed by atoms with Gasteiger partial charge in [0.25, 0.3) is 5.91 Å². The Morgan fingerprint density at radius 2 is 2.00 bits per heavy atom. The molecule has 5 N–H and O–H groups in total. The minimum absolute atomic E-state index is 0.0484. The molecule has 35 heavy (non-hydrogen) atoms. The number of hydrogen-bond acceptors (Lipinski definition) is 8. The second-order valence-electron chi connectivity index (χ2n) is 7.82. The van der Waals surface area contributed by atoms with E-state index >= 15 is 0 Å². The normalized spacial score (nSPS) is 16.3. The number of oxime groups is 1. The van der Waals surface area contributed by atoms with E-state index in [0.29, 0.717) is 29.7 Å². The van der Waals surface area contributed by atoms with E-state index in [0.717, 1.165) is 0 Å². The van der Waals surface area contributed by atoms with E-state index in [4.69, 9.17) is 4.84 Å². The Balaban J connectivity index is 1.32. The quantitative estimate of drug-likeness (QED) is 0.260. The third-order valence-corrected chi connectivity index (χ3v) is 6.88. The summed E-state index contributed by atoms with van der Waals surface area (Å²) in [6.45, 7) is 0.0710. The Bertz CT molecular complexity index is 1340. The number of aromatic amines is 1. The minimum Gasteiger partial charge on any atom is -0.480 e. The molecule has 0 bridgehead atoms. The van der Waals surface area contributed by atoms with Gasteiger partial charge in [0.15, 0.2) is 5.95 Å². The molecule has 0 saturated heterocycles. The molecule has 1 aromatic heterocycles. The first-order valence-corrected chi connectivity index (χ1v) is 12.3. The van der Waals surface area contributed by atoms with E-state index in [-0.39, 0.29) is 23.1 Å². The number of carboxylic acids is 1. The maximum absolute atomic E-state index is 12.9. The van der Waals surface area contributed by atoms with Crippen LogP contribution in [0.15, 0.2) is 64.9 Å². The first kappa shape index (κ1) is 24.2. The minimum atomic E-state index is -4.19. The number of rotatable bonds is 11. The highest BCUT2D eigenvalue weighted by atomic mass is 32.2. The molecular weight excluding hydrogens is 476 g/mol. The van der Waals surface area contributed by atoms with Gasteiger partial charge in [0.1, 0.15) is 17.9 Å². The summed E-state index contributed by atoms with van der Waals surface area (Å²) in [5.74, 6) is -1.43. The number of sulfonamides is 1. The van der Waals surface area contributed by atoms with Crippen LogP contribution in [0.25, 0.3) is 10.8 Å². The third kappa shape index (κ3) is 5.94. The predicted molar refractivity (Wildman–Crippen MR) is 127 cm³/mol. The van der Waals surface area contributed by atoms with Crippen LogP contribution in [0.4, 0.5) is 5.95 Å². The number of nitrogens with one attached hydrogen (secondary N) is 4. The van der Waals surface area contributed by atoms with Gasteiger partial charge in [0, 0.05) is 43.7 Å². The number of fused-ring (bicyclic) bond motifs is 1. The number of carbonyl (C=O) groups is 2. The second kappa shape index (κ2) is 10.5. The summed E-state index contributed by atoms with van der Waals surface area (Å²) in [5.41, 5.74) is 0.106. The number of nitrogens with zero attached hydrogens (tertiary/aromatic N) is 2. The van der Waals surface area contributed by atoms with Crippen molar-refractivity contribution in [3.8, 4) is 0 Å². The van der Waals surface area contributed by atoms with Crippen LogP contribution in [0, 0.1) is 0 Å². The lowest BCUT2D eigenvalue weighted by molar-refractivity contribution is -0.138. The second-order valence-corrected chi connectivity index (χ2v) is 9.50. The number of anilines is 1. The number of carboxylic acid groups (broad SMARTS) is 1. The van der Waals surface area contributed by atoms with Crippen molar-refractivity contribution in [3.63, 3.8) is 0 Å². The highest BCUT2D eigenvalue weighted by molar-refractivity contribution is 7.89. The number of imidazole rings is 1. The highest BCUT2D eigenvalue weighted by Crippen LogP contribution is 2.23. The molecule has 4 rings (SSSR count). The molecule has 13 heteroatoms. The zero-order valence-electron chi connectivity index (χ0n) is 18.5. The van der Waals surface area contributed by atoms with E-state index in [1.165, 1.54) is 6.07 Å². The van der Waals surface area contributed by atoms with Crippen molar-refractivity contribution < 1.29 is 28.0 Å². The average Bonchev–Trinajstić information content (AvgIpc) is 3.53. The van der Waals surface area contributed by atoms with E-state index < -0.39 is 34.5 Å². The molecule has 0 saturated carbocycles. The fraction of sp³-hybridized carbons (Fsp3) is 0.273. The molecule has 2 unspecified atom stereocenters. The number of hydrogen-bond donors (Lipinski definition) is 5. The van der Waals surface area contributed by atoms with E-state index in [1.54, 1.807) is 48.8 Å². The summed E-state index contributed by atoms with van der Waals surface area (Å²) in [5, 5.41) is 20.0. The van der Waals surface area contributed by atoms with Gasteiger partial charge in [0.05, 0.1) is 4.90 Å². The lowest BCUT2D eigenvalue weighted by atomic mass is 10.1. The zero-order valence-corrected chi connectivity index (χ0v) is 19.3. The number of H-pyrrole nitrogens is 1. The molecule has 0 fully saturated rings. The Kier molecular flexibility index (Phi) is 7.27. The zero-order chi connectivity index (χ0) is 24.8. The molecular formula is C22H24N6O6S. The lowest BCUT2D eigenvalue weighted by Crippen LogP contribution is -2.49. The van der Waals surface area contributed by atoms with Gasteiger partial charge in [-0.1, -0.05) is 41.6 Å². The number of benzene rings is 2. The lowest BCUT2D eigenvalue weighted by Gasteiger charge is -2.16. The van der Waals surface area contributed by atoms with Crippen molar-refractivity contribution in [2.45, 2.75) is 29.9 Å². The molecule has 184 valence electrons. The molecule has 2 aromatic carbocycles. The van der Waals surface area contributed by atoms with Crippen LogP contribution in [-0.4, -0.2) is 66.3 Å². The summed E-state index contributed by atoms with van der Waals surface area (Å²) in [6, 6.07) is 10.0. The highest BCUT2D eigenvalue weighted by Gasteiger charge is 2.30. The molecule has 1 amide bonds. The summed E-state index contributed by atoms with van der Waals surface area (Å²) in [4.78, 5) is 36.4. The van der Waals surface area contributed by atoms with Gasteiger partial charge in [-0.2, -0.15) is 4.72 Å². The predicted octanol–water partition coefficient (Wildman–Crippen LogP) is 1.06. The largest absolute Gasteiger partial charge is 0.480 e. The van der Waals surface area contributed by atoms with Gasteiger partial charge in [-0.3, -0.25) is 9.59 Å². The van der Waals surface area contributed by atoms with Gasteiger partial charge in [-0.05, 0) is 11.5 Å². The third-order valence-electron chi connectivity index (χ3n) is 5.35. The summed E-state index contributed by atoms with van der Waals surface area (Å²) >= 11 is 0.